The zero-order valence-corrected chi connectivity index (χ0v) is 20.9. The predicted molar refractivity (Wildman–Crippen MR) is 133 cm³/mol. The second kappa shape index (κ2) is 10.4. The van der Waals surface area contributed by atoms with Gasteiger partial charge >= 0.3 is 0 Å². The molecule has 1 aliphatic rings. The van der Waals surface area contributed by atoms with Gasteiger partial charge < -0.3 is 14.5 Å². The fourth-order valence-electron chi connectivity index (χ4n) is 4.08. The Balaban J connectivity index is 1.57. The summed E-state index contributed by atoms with van der Waals surface area (Å²) in [5.74, 6) is 1.15. The molecule has 0 saturated carbocycles. The van der Waals surface area contributed by atoms with Crippen molar-refractivity contribution in [2.75, 3.05) is 26.2 Å². The van der Waals surface area contributed by atoms with Crippen molar-refractivity contribution in [3.05, 3.63) is 65.2 Å². The van der Waals surface area contributed by atoms with Gasteiger partial charge in [-0.15, -0.1) is 0 Å². The standard InChI is InChI=1S/C28H38N2O3/c1-20(2)22-10-14-25(15-11-22)33-21(3)26(31)29-16-7-17-30(19-18-29)27(32)23-8-12-24(13-9-23)28(4,5)6/h8-15,20-21H,7,16-19H2,1-6H3. The maximum Gasteiger partial charge on any atom is 0.263 e. The maximum absolute atomic E-state index is 13.0. The molecule has 1 aliphatic heterocycles. The number of ether oxygens (including phenoxy) is 1. The van der Waals surface area contributed by atoms with Gasteiger partial charge in [-0.25, -0.2) is 0 Å². The Hall–Kier alpha value is -2.82. The largest absolute Gasteiger partial charge is 0.481 e. The molecule has 0 bridgehead atoms. The number of carbonyl (C=O) groups is 2. The topological polar surface area (TPSA) is 49.9 Å². The van der Waals surface area contributed by atoms with Crippen LogP contribution in [-0.4, -0.2) is 53.9 Å². The Morgan fingerprint density at radius 3 is 1.97 bits per heavy atom. The van der Waals surface area contributed by atoms with Gasteiger partial charge in [-0.05, 0) is 60.1 Å². The maximum atomic E-state index is 13.0. The predicted octanol–water partition coefficient (Wildman–Crippen LogP) is 5.25. The Morgan fingerprint density at radius 1 is 0.818 bits per heavy atom. The van der Waals surface area contributed by atoms with E-state index in [1.165, 1.54) is 11.1 Å². The van der Waals surface area contributed by atoms with Crippen LogP contribution in [0.25, 0.3) is 0 Å². The summed E-state index contributed by atoms with van der Waals surface area (Å²) in [5, 5.41) is 0. The molecule has 2 aromatic rings. The van der Waals surface area contributed by atoms with E-state index in [0.29, 0.717) is 43.4 Å². The van der Waals surface area contributed by atoms with Gasteiger partial charge in [0.05, 0.1) is 0 Å². The van der Waals surface area contributed by atoms with Crippen LogP contribution in [0, 0.1) is 0 Å². The molecule has 5 heteroatoms. The normalized spacial score (nSPS) is 15.8. The number of hydrogen-bond donors (Lipinski definition) is 0. The van der Waals surface area contributed by atoms with E-state index in [0.717, 1.165) is 6.42 Å². The zero-order chi connectivity index (χ0) is 24.2. The van der Waals surface area contributed by atoms with Gasteiger partial charge in [-0.2, -0.15) is 0 Å². The van der Waals surface area contributed by atoms with Gasteiger partial charge in [-0.3, -0.25) is 9.59 Å². The van der Waals surface area contributed by atoms with Crippen molar-refractivity contribution in [2.24, 2.45) is 0 Å². The summed E-state index contributed by atoms with van der Waals surface area (Å²) in [6, 6.07) is 15.8. The summed E-state index contributed by atoms with van der Waals surface area (Å²) in [6.07, 6.45) is 0.190. The molecule has 178 valence electrons. The van der Waals surface area contributed by atoms with E-state index in [4.69, 9.17) is 4.74 Å². The zero-order valence-electron chi connectivity index (χ0n) is 20.9. The highest BCUT2D eigenvalue weighted by Crippen LogP contribution is 2.23. The molecule has 2 amide bonds. The average Bonchev–Trinajstić information content (AvgIpc) is 3.04. The third-order valence-electron chi connectivity index (χ3n) is 6.30. The van der Waals surface area contributed by atoms with E-state index >= 15 is 0 Å². The molecule has 33 heavy (non-hydrogen) atoms. The van der Waals surface area contributed by atoms with E-state index in [1.54, 1.807) is 6.92 Å². The summed E-state index contributed by atoms with van der Waals surface area (Å²) in [4.78, 5) is 29.7. The Morgan fingerprint density at radius 2 is 1.39 bits per heavy atom. The van der Waals surface area contributed by atoms with E-state index < -0.39 is 6.10 Å². The van der Waals surface area contributed by atoms with Crippen LogP contribution >= 0.6 is 0 Å². The highest BCUT2D eigenvalue weighted by atomic mass is 16.5. The molecule has 1 unspecified atom stereocenters. The molecule has 1 fully saturated rings. The van der Waals surface area contributed by atoms with Crippen LogP contribution in [0.5, 0.6) is 5.75 Å². The van der Waals surface area contributed by atoms with E-state index in [-0.39, 0.29) is 17.2 Å². The molecule has 0 N–H and O–H groups in total. The molecular formula is C28H38N2O3. The molecule has 5 nitrogen and oxygen atoms in total. The van der Waals surface area contributed by atoms with Crippen molar-refractivity contribution in [3.8, 4) is 5.75 Å². The van der Waals surface area contributed by atoms with Crippen LogP contribution in [0.3, 0.4) is 0 Å². The van der Waals surface area contributed by atoms with Crippen molar-refractivity contribution in [1.82, 2.24) is 9.80 Å². The van der Waals surface area contributed by atoms with Crippen LogP contribution in [0.4, 0.5) is 0 Å². The number of rotatable bonds is 5. The number of hydrogen-bond acceptors (Lipinski definition) is 3. The third kappa shape index (κ3) is 6.37. The van der Waals surface area contributed by atoms with Gasteiger partial charge in [0, 0.05) is 31.7 Å². The van der Waals surface area contributed by atoms with Crippen molar-refractivity contribution >= 4 is 11.8 Å². The fraction of sp³-hybridized carbons (Fsp3) is 0.500. The number of nitrogens with zero attached hydrogens (tertiary/aromatic N) is 2. The van der Waals surface area contributed by atoms with Crippen molar-refractivity contribution in [1.29, 1.82) is 0 Å². The highest BCUT2D eigenvalue weighted by Gasteiger charge is 2.27. The third-order valence-corrected chi connectivity index (χ3v) is 6.30. The van der Waals surface area contributed by atoms with Crippen LogP contribution in [0.2, 0.25) is 0 Å². The first-order valence-corrected chi connectivity index (χ1v) is 12.0. The van der Waals surface area contributed by atoms with E-state index in [1.807, 2.05) is 58.3 Å². The van der Waals surface area contributed by atoms with Gasteiger partial charge in [0.2, 0.25) is 0 Å². The van der Waals surface area contributed by atoms with Gasteiger partial charge in [0.1, 0.15) is 5.75 Å². The monoisotopic (exact) mass is 450 g/mol. The first kappa shape index (κ1) is 24.8. The summed E-state index contributed by atoms with van der Waals surface area (Å²) in [5.41, 5.74) is 3.20. The van der Waals surface area contributed by atoms with Gasteiger partial charge in [0.15, 0.2) is 6.10 Å². The molecule has 1 atom stereocenters. The first-order valence-electron chi connectivity index (χ1n) is 12.0. The fourth-order valence-corrected chi connectivity index (χ4v) is 4.08. The minimum Gasteiger partial charge on any atom is -0.481 e. The molecule has 0 spiro atoms. The number of carbonyl (C=O) groups excluding carboxylic acids is 2. The second-order valence-corrected chi connectivity index (χ2v) is 10.3. The SMILES string of the molecule is CC(Oc1ccc(C(C)C)cc1)C(=O)N1CCCN(C(=O)c2ccc(C(C)(C)C)cc2)CC1. The summed E-state index contributed by atoms with van der Waals surface area (Å²) in [6.45, 7) is 14.9. The molecule has 0 radical (unpaired) electrons. The van der Waals surface area contributed by atoms with Crippen molar-refractivity contribution < 1.29 is 14.3 Å². The molecule has 3 rings (SSSR count). The molecule has 1 saturated heterocycles. The second-order valence-electron chi connectivity index (χ2n) is 10.3. The number of amides is 2. The molecule has 1 heterocycles. The summed E-state index contributed by atoms with van der Waals surface area (Å²) >= 11 is 0. The Bertz CT molecular complexity index is 943. The molecular weight excluding hydrogens is 412 g/mol. The van der Waals surface area contributed by atoms with E-state index in [9.17, 15) is 9.59 Å². The van der Waals surface area contributed by atoms with Crippen LogP contribution in [0.15, 0.2) is 48.5 Å². The molecule has 0 aliphatic carbocycles. The number of benzene rings is 2. The Kier molecular flexibility index (Phi) is 7.83. The van der Waals surface area contributed by atoms with Crippen molar-refractivity contribution in [3.63, 3.8) is 0 Å². The van der Waals surface area contributed by atoms with E-state index in [2.05, 4.69) is 34.6 Å². The van der Waals surface area contributed by atoms with Crippen molar-refractivity contribution in [2.45, 2.75) is 65.4 Å². The highest BCUT2D eigenvalue weighted by molar-refractivity contribution is 5.94. The quantitative estimate of drug-likeness (QED) is 0.625. The minimum absolute atomic E-state index is 0.0271. The van der Waals surface area contributed by atoms with Gasteiger partial charge in [-0.1, -0.05) is 58.9 Å². The minimum atomic E-state index is -0.568. The lowest BCUT2D eigenvalue weighted by atomic mass is 9.86. The first-order chi connectivity index (χ1) is 15.6. The Labute approximate surface area is 198 Å². The molecule has 2 aromatic carbocycles. The smallest absolute Gasteiger partial charge is 0.263 e. The lowest BCUT2D eigenvalue weighted by Crippen LogP contribution is -2.43. The summed E-state index contributed by atoms with van der Waals surface area (Å²) < 4.78 is 5.92. The van der Waals surface area contributed by atoms with Crippen LogP contribution in [0.1, 0.15) is 75.4 Å². The summed E-state index contributed by atoms with van der Waals surface area (Å²) in [7, 11) is 0. The van der Waals surface area contributed by atoms with Crippen LogP contribution < -0.4 is 4.74 Å². The van der Waals surface area contributed by atoms with Gasteiger partial charge in [0.25, 0.3) is 11.8 Å². The molecule has 0 aromatic heterocycles. The average molecular weight is 451 g/mol. The lowest BCUT2D eigenvalue weighted by Gasteiger charge is -2.25. The van der Waals surface area contributed by atoms with Crippen LogP contribution in [-0.2, 0) is 10.2 Å². The lowest BCUT2D eigenvalue weighted by molar-refractivity contribution is -0.137.